The molecule has 0 aliphatic carbocycles. The summed E-state index contributed by atoms with van der Waals surface area (Å²) in [7, 11) is 0. The molecular weight excluding hydrogens is 378 g/mol. The molecule has 1 heterocycles. The first kappa shape index (κ1) is 21.8. The van der Waals surface area contributed by atoms with E-state index in [0.717, 1.165) is 16.7 Å². The predicted octanol–water partition coefficient (Wildman–Crippen LogP) is 4.10. The molecule has 2 aromatic carbocycles. The van der Waals surface area contributed by atoms with E-state index in [1.165, 1.54) is 4.90 Å². The molecule has 1 aliphatic rings. The number of benzene rings is 2. The number of amides is 1. The van der Waals surface area contributed by atoms with Crippen LogP contribution < -0.4 is 0 Å². The van der Waals surface area contributed by atoms with E-state index in [2.05, 4.69) is 20.8 Å². The molecule has 1 amide bonds. The fourth-order valence-corrected chi connectivity index (χ4v) is 3.73. The molecule has 0 saturated carbocycles. The summed E-state index contributed by atoms with van der Waals surface area (Å²) in [4.78, 5) is 27.0. The Hall–Kier alpha value is -2.92. The topological polar surface area (TPSA) is 77.8 Å². The number of aliphatic hydroxyl groups excluding tert-OH is 2. The molecule has 2 aromatic rings. The summed E-state index contributed by atoms with van der Waals surface area (Å²) in [5.41, 5.74) is 3.35. The standard InChI is InChI=1S/C25H29NO4/c1-15-6-8-18(9-7-15)22(28)20-21(26(14-16(2)27)24(30)23(20)29)17-10-12-19(13-11-17)25(3,4)5/h6-13,16,21,27-28H,14H2,1-5H3/t16-,21-/m1/s1. The van der Waals surface area contributed by atoms with E-state index in [-0.39, 0.29) is 23.3 Å². The van der Waals surface area contributed by atoms with Crippen molar-refractivity contribution in [3.8, 4) is 0 Å². The lowest BCUT2D eigenvalue weighted by Crippen LogP contribution is -2.35. The van der Waals surface area contributed by atoms with Crippen molar-refractivity contribution in [1.82, 2.24) is 4.90 Å². The Morgan fingerprint density at radius 2 is 1.60 bits per heavy atom. The van der Waals surface area contributed by atoms with E-state index < -0.39 is 23.8 Å². The number of β-amino-alcohol motifs (C(OH)–C–C–N with tert-alkyl or cyclic N) is 1. The van der Waals surface area contributed by atoms with Crippen molar-refractivity contribution < 1.29 is 19.8 Å². The number of nitrogens with zero attached hydrogens (tertiary/aromatic N) is 1. The molecule has 1 aliphatic heterocycles. The van der Waals surface area contributed by atoms with Crippen molar-refractivity contribution in [3.63, 3.8) is 0 Å². The molecule has 0 spiro atoms. The monoisotopic (exact) mass is 407 g/mol. The van der Waals surface area contributed by atoms with Crippen LogP contribution in [0, 0.1) is 6.92 Å². The minimum absolute atomic E-state index is 0.000933. The van der Waals surface area contributed by atoms with Gasteiger partial charge in [-0.15, -0.1) is 0 Å². The highest BCUT2D eigenvalue weighted by Gasteiger charge is 2.46. The van der Waals surface area contributed by atoms with Crippen molar-refractivity contribution in [2.45, 2.75) is 52.2 Å². The van der Waals surface area contributed by atoms with E-state index >= 15 is 0 Å². The van der Waals surface area contributed by atoms with Gasteiger partial charge in [0.1, 0.15) is 5.76 Å². The number of Topliss-reactive ketones (excluding diaryl/α,β-unsaturated/α-hetero) is 1. The maximum absolute atomic E-state index is 12.9. The molecule has 158 valence electrons. The highest BCUT2D eigenvalue weighted by Crippen LogP contribution is 2.40. The van der Waals surface area contributed by atoms with E-state index in [0.29, 0.717) is 5.56 Å². The third kappa shape index (κ3) is 4.17. The quantitative estimate of drug-likeness (QED) is 0.455. The van der Waals surface area contributed by atoms with Crippen LogP contribution in [-0.2, 0) is 15.0 Å². The van der Waals surface area contributed by atoms with E-state index in [4.69, 9.17) is 0 Å². The third-order valence-corrected chi connectivity index (χ3v) is 5.42. The van der Waals surface area contributed by atoms with Crippen LogP contribution in [0.2, 0.25) is 0 Å². The summed E-state index contributed by atoms with van der Waals surface area (Å²) in [6.45, 7) is 9.83. The number of likely N-dealkylation sites (tertiary alicyclic amines) is 1. The minimum atomic E-state index is -0.807. The van der Waals surface area contributed by atoms with Crippen molar-refractivity contribution in [2.24, 2.45) is 0 Å². The number of carbonyl (C=O) groups is 2. The van der Waals surface area contributed by atoms with Crippen LogP contribution in [0.25, 0.3) is 5.76 Å². The Balaban J connectivity index is 2.16. The third-order valence-electron chi connectivity index (χ3n) is 5.42. The molecule has 5 heteroatoms. The minimum Gasteiger partial charge on any atom is -0.507 e. The van der Waals surface area contributed by atoms with E-state index in [1.807, 2.05) is 43.3 Å². The first-order valence-corrected chi connectivity index (χ1v) is 10.1. The number of aliphatic hydroxyl groups is 2. The number of aryl methyl sites for hydroxylation is 1. The zero-order chi connectivity index (χ0) is 22.2. The van der Waals surface area contributed by atoms with Gasteiger partial charge >= 0.3 is 0 Å². The summed E-state index contributed by atoms with van der Waals surface area (Å²) >= 11 is 0. The maximum Gasteiger partial charge on any atom is 0.295 e. The zero-order valence-electron chi connectivity index (χ0n) is 18.1. The lowest BCUT2D eigenvalue weighted by Gasteiger charge is -2.27. The number of carbonyl (C=O) groups excluding carboxylic acids is 2. The fraction of sp³-hybridized carbons (Fsp3) is 0.360. The first-order valence-electron chi connectivity index (χ1n) is 10.1. The van der Waals surface area contributed by atoms with Crippen LogP contribution >= 0.6 is 0 Å². The summed E-state index contributed by atoms with van der Waals surface area (Å²) in [6, 6.07) is 14.1. The molecule has 3 rings (SSSR count). The average Bonchev–Trinajstić information content (AvgIpc) is 2.92. The van der Waals surface area contributed by atoms with Gasteiger partial charge in [0.2, 0.25) is 0 Å². The van der Waals surface area contributed by atoms with Gasteiger partial charge in [-0.2, -0.15) is 0 Å². The first-order chi connectivity index (χ1) is 14.0. The maximum atomic E-state index is 12.9. The molecule has 1 saturated heterocycles. The Labute approximate surface area is 177 Å². The fourth-order valence-electron chi connectivity index (χ4n) is 3.73. The summed E-state index contributed by atoms with van der Waals surface area (Å²) in [5.74, 6) is -1.65. The molecule has 0 aromatic heterocycles. The van der Waals surface area contributed by atoms with Crippen LogP contribution in [0.1, 0.15) is 56.0 Å². The second kappa shape index (κ2) is 8.07. The predicted molar refractivity (Wildman–Crippen MR) is 117 cm³/mol. The van der Waals surface area contributed by atoms with E-state index in [1.54, 1.807) is 19.1 Å². The van der Waals surface area contributed by atoms with Gasteiger partial charge in [0, 0.05) is 12.1 Å². The van der Waals surface area contributed by atoms with Gasteiger partial charge in [-0.3, -0.25) is 9.59 Å². The lowest BCUT2D eigenvalue weighted by atomic mass is 9.85. The lowest BCUT2D eigenvalue weighted by molar-refractivity contribution is -0.140. The van der Waals surface area contributed by atoms with Crippen LogP contribution in [0.4, 0.5) is 0 Å². The van der Waals surface area contributed by atoms with Gasteiger partial charge in [0.25, 0.3) is 11.7 Å². The second-order valence-corrected chi connectivity index (χ2v) is 9.04. The Bertz CT molecular complexity index is 979. The summed E-state index contributed by atoms with van der Waals surface area (Å²) in [6.07, 6.45) is -0.807. The van der Waals surface area contributed by atoms with Crippen molar-refractivity contribution >= 4 is 17.4 Å². The van der Waals surface area contributed by atoms with Crippen molar-refractivity contribution in [2.75, 3.05) is 6.54 Å². The number of hydrogen-bond acceptors (Lipinski definition) is 4. The average molecular weight is 408 g/mol. The van der Waals surface area contributed by atoms with Gasteiger partial charge in [0.15, 0.2) is 0 Å². The van der Waals surface area contributed by atoms with Crippen LogP contribution in [0.15, 0.2) is 54.1 Å². The van der Waals surface area contributed by atoms with Crippen molar-refractivity contribution in [1.29, 1.82) is 0 Å². The smallest absolute Gasteiger partial charge is 0.295 e. The SMILES string of the molecule is Cc1ccc(C(O)=C2C(=O)C(=O)N(C[C@@H](C)O)[C@@H]2c2ccc(C(C)(C)C)cc2)cc1. The highest BCUT2D eigenvalue weighted by molar-refractivity contribution is 6.46. The van der Waals surface area contributed by atoms with Crippen LogP contribution in [0.5, 0.6) is 0 Å². The molecule has 2 atom stereocenters. The van der Waals surface area contributed by atoms with Gasteiger partial charge in [-0.25, -0.2) is 0 Å². The van der Waals surface area contributed by atoms with Crippen molar-refractivity contribution in [3.05, 3.63) is 76.4 Å². The molecule has 1 fully saturated rings. The molecule has 30 heavy (non-hydrogen) atoms. The highest BCUT2D eigenvalue weighted by atomic mass is 16.3. The van der Waals surface area contributed by atoms with Crippen LogP contribution in [-0.4, -0.2) is 39.5 Å². The molecule has 0 radical (unpaired) electrons. The molecule has 5 nitrogen and oxygen atoms in total. The number of hydrogen-bond donors (Lipinski definition) is 2. The van der Waals surface area contributed by atoms with Gasteiger partial charge in [-0.1, -0.05) is 74.9 Å². The Morgan fingerprint density at radius 3 is 2.10 bits per heavy atom. The second-order valence-electron chi connectivity index (χ2n) is 9.04. The number of rotatable bonds is 4. The van der Waals surface area contributed by atoms with Gasteiger partial charge < -0.3 is 15.1 Å². The summed E-state index contributed by atoms with van der Waals surface area (Å²) < 4.78 is 0. The van der Waals surface area contributed by atoms with Crippen LogP contribution in [0.3, 0.4) is 0 Å². The molecule has 0 unspecified atom stereocenters. The zero-order valence-corrected chi connectivity index (χ0v) is 18.1. The van der Waals surface area contributed by atoms with Gasteiger partial charge in [0.05, 0.1) is 17.7 Å². The molecular formula is C25H29NO4. The number of ketones is 1. The Morgan fingerprint density at radius 1 is 1.03 bits per heavy atom. The van der Waals surface area contributed by atoms with E-state index in [9.17, 15) is 19.8 Å². The largest absolute Gasteiger partial charge is 0.507 e. The Kier molecular flexibility index (Phi) is 5.86. The van der Waals surface area contributed by atoms with Gasteiger partial charge in [-0.05, 0) is 30.4 Å². The summed E-state index contributed by atoms with van der Waals surface area (Å²) in [5, 5.41) is 20.9. The normalized spacial score (nSPS) is 19.9. The molecule has 0 bridgehead atoms. The molecule has 2 N–H and O–H groups in total.